The normalized spacial score (nSPS) is 10.8. The molecular weight excluding hydrogens is 237 g/mol. The molecule has 0 unspecified atom stereocenters. The Morgan fingerprint density at radius 2 is 2.00 bits per heavy atom. The molecule has 0 radical (unpaired) electrons. The molecule has 1 rings (SSSR count). The van der Waals surface area contributed by atoms with Crippen LogP contribution in [-0.2, 0) is 10.1 Å². The summed E-state index contributed by atoms with van der Waals surface area (Å²) < 4.78 is 30.2. The Hall–Kier alpha value is 0.220. The van der Waals surface area contributed by atoms with Gasteiger partial charge in [-0.1, -0.05) is 11.6 Å². The van der Waals surface area contributed by atoms with E-state index in [0.717, 1.165) is 6.07 Å². The van der Waals surface area contributed by atoms with Crippen LogP contribution in [0.25, 0.3) is 0 Å². The van der Waals surface area contributed by atoms with E-state index >= 15 is 0 Å². The van der Waals surface area contributed by atoms with Crippen LogP contribution >= 0.6 is 11.6 Å². The molecule has 4 nitrogen and oxygen atoms in total. The summed E-state index contributed by atoms with van der Waals surface area (Å²) in [7, 11) is -4.28. The summed E-state index contributed by atoms with van der Waals surface area (Å²) in [6.45, 7) is 1.69. The first-order valence-electron chi connectivity index (χ1n) is 3.35. The Morgan fingerprint density at radius 1 is 1.50 bits per heavy atom. The van der Waals surface area contributed by atoms with Crippen molar-refractivity contribution in [1.82, 2.24) is 0 Å². The zero-order chi connectivity index (χ0) is 10.2. The second-order valence-corrected chi connectivity index (χ2v) is 4.41. The molecule has 0 aliphatic heterocycles. The van der Waals surface area contributed by atoms with Gasteiger partial charge in [0.05, 0.1) is 5.69 Å². The van der Waals surface area contributed by atoms with Crippen LogP contribution in [0.15, 0.2) is 17.0 Å². The maximum atomic E-state index is 10.7. The van der Waals surface area contributed by atoms with E-state index in [-0.39, 0.29) is 46.6 Å². The van der Waals surface area contributed by atoms with Crippen LogP contribution in [0.1, 0.15) is 6.99 Å². The molecule has 0 aromatic heterocycles. The van der Waals surface area contributed by atoms with Gasteiger partial charge in [0.2, 0.25) is 0 Å². The van der Waals surface area contributed by atoms with Crippen molar-refractivity contribution in [2.45, 2.75) is 11.8 Å². The molecule has 0 saturated heterocycles. The summed E-state index contributed by atoms with van der Waals surface area (Å²) in [5, 5.41) is 0.252. The minimum Gasteiger partial charge on any atom is -1.00 e. The standard InChI is InChI=1S/C7H8ClNO3S.Na.H/c1-4-2-6(9)7(3-5(4)8)13(10,11)12;;/h2-3H,9H2,1H3,(H,10,11,12);;/q;+1;-1. The third kappa shape index (κ3) is 3.12. The summed E-state index contributed by atoms with van der Waals surface area (Å²) in [6.07, 6.45) is 0. The number of hydrogen-bond acceptors (Lipinski definition) is 3. The second-order valence-electron chi connectivity index (χ2n) is 2.61. The van der Waals surface area contributed by atoms with Crippen molar-refractivity contribution in [1.29, 1.82) is 0 Å². The van der Waals surface area contributed by atoms with Crippen molar-refractivity contribution >= 4 is 27.4 Å². The predicted molar refractivity (Wildman–Crippen MR) is 51.5 cm³/mol. The van der Waals surface area contributed by atoms with Gasteiger partial charge in [-0.2, -0.15) is 8.42 Å². The van der Waals surface area contributed by atoms with Crippen molar-refractivity contribution in [3.05, 3.63) is 22.7 Å². The third-order valence-electron chi connectivity index (χ3n) is 1.57. The molecule has 7 heteroatoms. The molecule has 0 atom stereocenters. The molecule has 3 N–H and O–H groups in total. The van der Waals surface area contributed by atoms with E-state index < -0.39 is 10.1 Å². The van der Waals surface area contributed by atoms with Crippen LogP contribution in [0.4, 0.5) is 5.69 Å². The first kappa shape index (κ1) is 14.2. The summed E-state index contributed by atoms with van der Waals surface area (Å²) >= 11 is 5.66. The Balaban J connectivity index is 0. The summed E-state index contributed by atoms with van der Waals surface area (Å²) in [5.74, 6) is 0. The molecule has 0 aliphatic rings. The molecule has 0 heterocycles. The molecule has 14 heavy (non-hydrogen) atoms. The van der Waals surface area contributed by atoms with Crippen LogP contribution in [0.2, 0.25) is 5.02 Å². The molecule has 0 fully saturated rings. The Labute approximate surface area is 111 Å². The van der Waals surface area contributed by atoms with Gasteiger partial charge < -0.3 is 7.16 Å². The van der Waals surface area contributed by atoms with Crippen LogP contribution in [-0.4, -0.2) is 13.0 Å². The maximum Gasteiger partial charge on any atom is 1.00 e. The van der Waals surface area contributed by atoms with E-state index in [1.165, 1.54) is 6.07 Å². The summed E-state index contributed by atoms with van der Waals surface area (Å²) in [4.78, 5) is -0.358. The predicted octanol–water partition coefficient (Wildman–Crippen LogP) is -1.41. The van der Waals surface area contributed by atoms with Gasteiger partial charge in [-0.3, -0.25) is 4.55 Å². The zero-order valence-electron chi connectivity index (χ0n) is 8.78. The molecule has 0 saturated carbocycles. The van der Waals surface area contributed by atoms with Crippen LogP contribution in [0.3, 0.4) is 0 Å². The van der Waals surface area contributed by atoms with Gasteiger partial charge >= 0.3 is 29.6 Å². The molecule has 0 spiro atoms. The first-order chi connectivity index (χ1) is 5.82. The number of nitrogens with two attached hydrogens (primary N) is 1. The topological polar surface area (TPSA) is 80.4 Å². The van der Waals surface area contributed by atoms with E-state index in [1.807, 2.05) is 0 Å². The van der Waals surface area contributed by atoms with Crippen LogP contribution in [0.5, 0.6) is 0 Å². The number of benzene rings is 1. The first-order valence-corrected chi connectivity index (χ1v) is 5.17. The minimum atomic E-state index is -4.28. The fourth-order valence-electron chi connectivity index (χ4n) is 0.909. The quantitative estimate of drug-likeness (QED) is 0.362. The van der Waals surface area contributed by atoms with E-state index in [9.17, 15) is 8.42 Å². The van der Waals surface area contributed by atoms with Gasteiger partial charge in [-0.15, -0.1) is 0 Å². The van der Waals surface area contributed by atoms with Gasteiger partial charge in [0.1, 0.15) is 4.90 Å². The number of rotatable bonds is 1. The molecule has 0 bridgehead atoms. The van der Waals surface area contributed by atoms with Crippen LogP contribution < -0.4 is 35.3 Å². The van der Waals surface area contributed by atoms with E-state index in [2.05, 4.69) is 0 Å². The number of hydrogen-bond donors (Lipinski definition) is 2. The van der Waals surface area contributed by atoms with Crippen molar-refractivity contribution in [3.63, 3.8) is 0 Å². The second kappa shape index (κ2) is 4.83. The number of halogens is 1. The Bertz CT molecular complexity index is 452. The summed E-state index contributed by atoms with van der Waals surface area (Å²) in [5.41, 5.74) is 6.03. The van der Waals surface area contributed by atoms with Crippen molar-refractivity contribution in [2.75, 3.05) is 5.73 Å². The van der Waals surface area contributed by atoms with E-state index in [0.29, 0.717) is 5.56 Å². The van der Waals surface area contributed by atoms with Crippen molar-refractivity contribution < 1.29 is 44.0 Å². The average Bonchev–Trinajstić information content (AvgIpc) is 1.94. The van der Waals surface area contributed by atoms with E-state index in [1.54, 1.807) is 6.92 Å². The smallest absolute Gasteiger partial charge is 1.00 e. The van der Waals surface area contributed by atoms with Gasteiger partial charge in [-0.05, 0) is 24.6 Å². The van der Waals surface area contributed by atoms with Gasteiger partial charge in [-0.25, -0.2) is 0 Å². The van der Waals surface area contributed by atoms with E-state index in [4.69, 9.17) is 21.9 Å². The number of aryl methyl sites for hydroxylation is 1. The van der Waals surface area contributed by atoms with Gasteiger partial charge in [0.25, 0.3) is 10.1 Å². The molecule has 1 aromatic carbocycles. The molecule has 0 aliphatic carbocycles. The fourth-order valence-corrected chi connectivity index (χ4v) is 1.76. The van der Waals surface area contributed by atoms with Crippen LogP contribution in [0, 0.1) is 6.92 Å². The Kier molecular flexibility index (Phi) is 4.90. The third-order valence-corrected chi connectivity index (χ3v) is 2.89. The molecule has 74 valence electrons. The number of anilines is 1. The monoisotopic (exact) mass is 245 g/mol. The van der Waals surface area contributed by atoms with Crippen molar-refractivity contribution in [3.8, 4) is 0 Å². The molecule has 1 aromatic rings. The fraction of sp³-hybridized carbons (Fsp3) is 0.143. The largest absolute Gasteiger partial charge is 1.00 e. The zero-order valence-corrected chi connectivity index (χ0v) is 11.4. The average molecular weight is 246 g/mol. The Morgan fingerprint density at radius 3 is 2.43 bits per heavy atom. The number of nitrogen functional groups attached to an aromatic ring is 1. The van der Waals surface area contributed by atoms with Crippen molar-refractivity contribution in [2.24, 2.45) is 0 Å². The molecule has 0 amide bonds. The SMILES string of the molecule is Cc1cc(N)c(S(=O)(=O)O)cc1Cl.[H-].[Na+]. The molecular formula is C7H9ClNNaO3S. The van der Waals surface area contributed by atoms with Gasteiger partial charge in [0, 0.05) is 5.02 Å². The minimum absolute atomic E-state index is 0. The van der Waals surface area contributed by atoms with Gasteiger partial charge in [0.15, 0.2) is 0 Å². The maximum absolute atomic E-state index is 10.7. The summed E-state index contributed by atoms with van der Waals surface area (Å²) in [6, 6.07) is 2.52.